The summed E-state index contributed by atoms with van der Waals surface area (Å²) in [7, 11) is 1.97. The summed E-state index contributed by atoms with van der Waals surface area (Å²) in [6, 6.07) is 4.07. The molecule has 0 spiro atoms. The van der Waals surface area contributed by atoms with Crippen LogP contribution >= 0.6 is 0 Å². The van der Waals surface area contributed by atoms with E-state index in [1.807, 2.05) is 31.9 Å². The largest absolute Gasteiger partial charge is 0.370 e. The number of hydrogen-bond acceptors (Lipinski definition) is 5. The minimum Gasteiger partial charge on any atom is -0.370 e. The van der Waals surface area contributed by atoms with Gasteiger partial charge in [-0.3, -0.25) is 4.90 Å². The van der Waals surface area contributed by atoms with Crippen LogP contribution in [0.5, 0.6) is 0 Å². The minimum absolute atomic E-state index is 0.530. The van der Waals surface area contributed by atoms with Gasteiger partial charge in [0, 0.05) is 31.3 Å². The molecule has 0 bridgehead atoms. The summed E-state index contributed by atoms with van der Waals surface area (Å²) >= 11 is 0. The quantitative estimate of drug-likeness (QED) is 0.807. The van der Waals surface area contributed by atoms with Crippen LogP contribution in [0.4, 0.5) is 5.82 Å². The standard InChI is InChI=1S/C12H19N5/c1-4-14-11-8-10(2)15-12(16-11)9-17(3)7-5-6-13/h8H,4-5,7,9H2,1-3H3,(H,14,15,16). The van der Waals surface area contributed by atoms with Gasteiger partial charge in [-0.05, 0) is 20.9 Å². The maximum Gasteiger partial charge on any atom is 0.144 e. The molecule has 1 aromatic rings. The maximum absolute atomic E-state index is 8.52. The van der Waals surface area contributed by atoms with E-state index in [0.717, 1.165) is 30.4 Å². The number of anilines is 1. The van der Waals surface area contributed by atoms with Crippen molar-refractivity contribution in [1.82, 2.24) is 14.9 Å². The number of aryl methyl sites for hydroxylation is 1. The lowest BCUT2D eigenvalue weighted by Crippen LogP contribution is -2.21. The van der Waals surface area contributed by atoms with Gasteiger partial charge in [-0.1, -0.05) is 0 Å². The normalized spacial score (nSPS) is 10.3. The van der Waals surface area contributed by atoms with E-state index in [9.17, 15) is 0 Å². The molecule has 1 aromatic heterocycles. The first-order valence-electron chi connectivity index (χ1n) is 5.79. The molecule has 1 N–H and O–H groups in total. The summed E-state index contributed by atoms with van der Waals surface area (Å²) < 4.78 is 0. The molecule has 0 amide bonds. The number of nitrogens with one attached hydrogen (secondary N) is 1. The highest BCUT2D eigenvalue weighted by Crippen LogP contribution is 2.07. The Kier molecular flexibility index (Phi) is 5.37. The third-order valence-electron chi connectivity index (χ3n) is 2.28. The Morgan fingerprint density at radius 1 is 1.47 bits per heavy atom. The number of hydrogen-bond donors (Lipinski definition) is 1. The molecule has 0 unspecified atom stereocenters. The lowest BCUT2D eigenvalue weighted by molar-refractivity contribution is 0.326. The van der Waals surface area contributed by atoms with Crippen molar-refractivity contribution in [2.75, 3.05) is 25.5 Å². The smallest absolute Gasteiger partial charge is 0.144 e. The molecule has 0 aliphatic carbocycles. The van der Waals surface area contributed by atoms with E-state index in [4.69, 9.17) is 5.26 Å². The first-order chi connectivity index (χ1) is 8.15. The highest BCUT2D eigenvalue weighted by Gasteiger charge is 2.05. The van der Waals surface area contributed by atoms with E-state index >= 15 is 0 Å². The maximum atomic E-state index is 8.52. The second-order valence-electron chi connectivity index (χ2n) is 3.99. The average molecular weight is 233 g/mol. The van der Waals surface area contributed by atoms with Crippen LogP contribution in [0.25, 0.3) is 0 Å². The molecule has 0 atom stereocenters. The summed E-state index contributed by atoms with van der Waals surface area (Å²) in [5.41, 5.74) is 0.958. The SMILES string of the molecule is CCNc1cc(C)nc(CN(C)CCC#N)n1. The molecule has 5 nitrogen and oxygen atoms in total. The van der Waals surface area contributed by atoms with E-state index < -0.39 is 0 Å². The van der Waals surface area contributed by atoms with Crippen LogP contribution in [0.1, 0.15) is 24.9 Å². The molecule has 0 aromatic carbocycles. The lowest BCUT2D eigenvalue weighted by Gasteiger charge is -2.14. The number of aromatic nitrogens is 2. The highest BCUT2D eigenvalue weighted by molar-refractivity contribution is 5.35. The topological polar surface area (TPSA) is 64.8 Å². The van der Waals surface area contributed by atoms with Crippen LogP contribution < -0.4 is 5.32 Å². The van der Waals surface area contributed by atoms with Gasteiger partial charge in [0.15, 0.2) is 0 Å². The molecule has 1 rings (SSSR count). The predicted octanol–water partition coefficient (Wildman–Crippen LogP) is 1.56. The molecule has 0 radical (unpaired) electrons. The Hall–Kier alpha value is -1.67. The lowest BCUT2D eigenvalue weighted by atomic mass is 10.3. The van der Waals surface area contributed by atoms with Gasteiger partial charge in [0.2, 0.25) is 0 Å². The molecule has 0 saturated carbocycles. The van der Waals surface area contributed by atoms with Crippen LogP contribution in [0.15, 0.2) is 6.07 Å². The van der Waals surface area contributed by atoms with Crippen molar-refractivity contribution < 1.29 is 0 Å². The van der Waals surface area contributed by atoms with E-state index in [2.05, 4.69) is 21.4 Å². The fourth-order valence-electron chi connectivity index (χ4n) is 1.53. The Bertz CT molecular complexity index is 396. The van der Waals surface area contributed by atoms with E-state index in [1.165, 1.54) is 0 Å². The van der Waals surface area contributed by atoms with Crippen molar-refractivity contribution in [2.24, 2.45) is 0 Å². The second-order valence-corrected chi connectivity index (χ2v) is 3.99. The highest BCUT2D eigenvalue weighted by atomic mass is 15.1. The summed E-state index contributed by atoms with van der Waals surface area (Å²) in [4.78, 5) is 10.9. The van der Waals surface area contributed by atoms with Crippen molar-refractivity contribution in [3.05, 3.63) is 17.6 Å². The zero-order valence-electron chi connectivity index (χ0n) is 10.7. The molecular formula is C12H19N5. The molecule has 0 aliphatic heterocycles. The van der Waals surface area contributed by atoms with Gasteiger partial charge in [0.05, 0.1) is 12.6 Å². The molecular weight excluding hydrogens is 214 g/mol. The third kappa shape index (κ3) is 4.79. The van der Waals surface area contributed by atoms with E-state index in [-0.39, 0.29) is 0 Å². The Balaban J connectivity index is 2.67. The van der Waals surface area contributed by atoms with Crippen LogP contribution in [0.3, 0.4) is 0 Å². The summed E-state index contributed by atoms with van der Waals surface area (Å²) in [6.45, 7) is 6.25. The molecule has 0 aliphatic rings. The summed E-state index contributed by atoms with van der Waals surface area (Å²) in [5.74, 6) is 1.66. The van der Waals surface area contributed by atoms with Crippen molar-refractivity contribution in [1.29, 1.82) is 5.26 Å². The van der Waals surface area contributed by atoms with Crippen molar-refractivity contribution in [3.8, 4) is 6.07 Å². The van der Waals surface area contributed by atoms with Gasteiger partial charge in [-0.15, -0.1) is 0 Å². The summed E-state index contributed by atoms with van der Waals surface area (Å²) in [5, 5.41) is 11.7. The first kappa shape index (κ1) is 13.4. The Morgan fingerprint density at radius 2 is 2.24 bits per heavy atom. The molecule has 0 saturated heterocycles. The van der Waals surface area contributed by atoms with Gasteiger partial charge >= 0.3 is 0 Å². The number of nitrogens with zero attached hydrogens (tertiary/aromatic N) is 4. The molecule has 5 heteroatoms. The molecule has 0 fully saturated rings. The van der Waals surface area contributed by atoms with E-state index in [0.29, 0.717) is 13.0 Å². The summed E-state index contributed by atoms with van der Waals surface area (Å²) in [6.07, 6.45) is 0.530. The second kappa shape index (κ2) is 6.81. The average Bonchev–Trinajstić information content (AvgIpc) is 2.26. The Morgan fingerprint density at radius 3 is 2.88 bits per heavy atom. The molecule has 92 valence electrons. The van der Waals surface area contributed by atoms with Crippen LogP contribution in [-0.4, -0.2) is 35.0 Å². The van der Waals surface area contributed by atoms with E-state index in [1.54, 1.807) is 0 Å². The first-order valence-corrected chi connectivity index (χ1v) is 5.79. The van der Waals surface area contributed by atoms with Crippen LogP contribution in [-0.2, 0) is 6.54 Å². The Labute approximate surface area is 102 Å². The van der Waals surface area contributed by atoms with Gasteiger partial charge in [-0.25, -0.2) is 9.97 Å². The van der Waals surface area contributed by atoms with Crippen molar-refractivity contribution in [2.45, 2.75) is 26.8 Å². The third-order valence-corrected chi connectivity index (χ3v) is 2.28. The fraction of sp³-hybridized carbons (Fsp3) is 0.583. The van der Waals surface area contributed by atoms with Crippen LogP contribution in [0.2, 0.25) is 0 Å². The van der Waals surface area contributed by atoms with Crippen molar-refractivity contribution in [3.63, 3.8) is 0 Å². The zero-order chi connectivity index (χ0) is 12.7. The van der Waals surface area contributed by atoms with Gasteiger partial charge in [0.25, 0.3) is 0 Å². The monoisotopic (exact) mass is 233 g/mol. The van der Waals surface area contributed by atoms with Gasteiger partial charge < -0.3 is 5.32 Å². The predicted molar refractivity (Wildman–Crippen MR) is 67.5 cm³/mol. The number of nitriles is 1. The van der Waals surface area contributed by atoms with Gasteiger partial charge in [0.1, 0.15) is 11.6 Å². The zero-order valence-corrected chi connectivity index (χ0v) is 10.7. The number of rotatable bonds is 6. The van der Waals surface area contributed by atoms with Crippen LogP contribution in [0, 0.1) is 18.3 Å². The minimum atomic E-state index is 0.530. The fourth-order valence-corrected chi connectivity index (χ4v) is 1.53. The molecule has 17 heavy (non-hydrogen) atoms. The molecule has 1 heterocycles. The van der Waals surface area contributed by atoms with Gasteiger partial charge in [-0.2, -0.15) is 5.26 Å². The van der Waals surface area contributed by atoms with Crippen molar-refractivity contribution >= 4 is 5.82 Å².